The van der Waals surface area contributed by atoms with Crippen molar-refractivity contribution in [1.82, 2.24) is 10.6 Å². The van der Waals surface area contributed by atoms with E-state index in [9.17, 15) is 18.7 Å². The Morgan fingerprint density at radius 3 is 2.50 bits per heavy atom. The standard InChI is InChI=1S/C21H32F2N2O3/c1-13(2)6-7-28-18-4-5-19(24-12-18)21(27)20(25-14(3)26)10-15-8-16(22)11-17(23)9-15/h8-9,11,13,18-21,24,27H,4-7,10,12H2,1-3H3,(H,25,26)/t18-,19-,20+,21+/m1/s1. The number of aliphatic hydroxyl groups is 1. The Labute approximate surface area is 165 Å². The largest absolute Gasteiger partial charge is 0.389 e. The minimum Gasteiger partial charge on any atom is -0.389 e. The van der Waals surface area contributed by atoms with E-state index >= 15 is 0 Å². The first-order valence-corrected chi connectivity index (χ1v) is 9.99. The van der Waals surface area contributed by atoms with Gasteiger partial charge < -0.3 is 20.5 Å². The van der Waals surface area contributed by atoms with Gasteiger partial charge in [0, 0.05) is 32.2 Å². The number of halogens is 2. The van der Waals surface area contributed by atoms with Crippen LogP contribution in [0, 0.1) is 17.6 Å². The first-order valence-electron chi connectivity index (χ1n) is 9.99. The van der Waals surface area contributed by atoms with Crippen molar-refractivity contribution < 1.29 is 23.4 Å². The van der Waals surface area contributed by atoms with Gasteiger partial charge in [-0.1, -0.05) is 13.8 Å². The molecule has 4 atom stereocenters. The Morgan fingerprint density at radius 1 is 1.29 bits per heavy atom. The van der Waals surface area contributed by atoms with E-state index in [0.29, 0.717) is 24.4 Å². The molecule has 0 aliphatic carbocycles. The van der Waals surface area contributed by atoms with Crippen LogP contribution < -0.4 is 10.6 Å². The first kappa shape index (κ1) is 22.7. The Kier molecular flexibility index (Phi) is 8.79. The average Bonchev–Trinajstić information content (AvgIpc) is 2.59. The van der Waals surface area contributed by atoms with Gasteiger partial charge in [0.25, 0.3) is 0 Å². The Hall–Kier alpha value is -1.57. The maximum Gasteiger partial charge on any atom is 0.217 e. The van der Waals surface area contributed by atoms with Gasteiger partial charge in [0.15, 0.2) is 0 Å². The molecule has 1 saturated heterocycles. The molecular formula is C21H32F2N2O3. The lowest BCUT2D eigenvalue weighted by molar-refractivity contribution is -0.120. The lowest BCUT2D eigenvalue weighted by Crippen LogP contribution is -2.56. The number of carbonyl (C=O) groups excluding carboxylic acids is 1. The zero-order chi connectivity index (χ0) is 20.7. The third-order valence-electron chi connectivity index (χ3n) is 5.05. The summed E-state index contributed by atoms with van der Waals surface area (Å²) in [6, 6.07) is 2.37. The second-order valence-corrected chi connectivity index (χ2v) is 8.05. The summed E-state index contributed by atoms with van der Waals surface area (Å²) in [4.78, 5) is 11.6. The van der Waals surface area contributed by atoms with Crippen LogP contribution in [0.1, 0.15) is 45.6 Å². The summed E-state index contributed by atoms with van der Waals surface area (Å²) >= 11 is 0. The molecule has 0 unspecified atom stereocenters. The van der Waals surface area contributed by atoms with Crippen LogP contribution in [0.2, 0.25) is 0 Å². The Balaban J connectivity index is 1.93. The number of nitrogens with one attached hydrogen (secondary N) is 2. The van der Waals surface area contributed by atoms with Crippen molar-refractivity contribution in [3.8, 4) is 0 Å². The van der Waals surface area contributed by atoms with Crippen LogP contribution in [0.5, 0.6) is 0 Å². The highest BCUT2D eigenvalue weighted by molar-refractivity contribution is 5.73. The molecule has 0 aromatic heterocycles. The highest BCUT2D eigenvalue weighted by atomic mass is 19.1. The van der Waals surface area contributed by atoms with Crippen molar-refractivity contribution in [2.24, 2.45) is 5.92 Å². The van der Waals surface area contributed by atoms with Crippen molar-refractivity contribution in [3.05, 3.63) is 35.4 Å². The Bertz CT molecular complexity index is 614. The molecule has 1 aromatic rings. The predicted octanol–water partition coefficient (Wildman–Crippen LogP) is 2.56. The molecule has 7 heteroatoms. The molecule has 158 valence electrons. The van der Waals surface area contributed by atoms with Gasteiger partial charge >= 0.3 is 0 Å². The van der Waals surface area contributed by atoms with Gasteiger partial charge in [0.05, 0.1) is 18.2 Å². The van der Waals surface area contributed by atoms with Crippen molar-refractivity contribution in [2.75, 3.05) is 13.2 Å². The van der Waals surface area contributed by atoms with E-state index in [-0.39, 0.29) is 24.5 Å². The number of carbonyl (C=O) groups is 1. The summed E-state index contributed by atoms with van der Waals surface area (Å²) in [5.74, 6) is -1.06. The lowest BCUT2D eigenvalue weighted by atomic mass is 9.90. The number of aliphatic hydroxyl groups excluding tert-OH is 1. The summed E-state index contributed by atoms with van der Waals surface area (Å²) in [5, 5.41) is 16.8. The number of piperidine rings is 1. The van der Waals surface area contributed by atoms with Gasteiger partial charge in [-0.25, -0.2) is 8.78 Å². The molecule has 1 aliphatic heterocycles. The van der Waals surface area contributed by atoms with Gasteiger partial charge in [-0.05, 0) is 49.3 Å². The van der Waals surface area contributed by atoms with Crippen molar-refractivity contribution >= 4 is 5.91 Å². The van der Waals surface area contributed by atoms with Crippen LogP contribution in [-0.2, 0) is 16.0 Å². The molecule has 1 heterocycles. The fourth-order valence-corrected chi connectivity index (χ4v) is 3.54. The second-order valence-electron chi connectivity index (χ2n) is 8.05. The van der Waals surface area contributed by atoms with E-state index in [0.717, 1.165) is 25.5 Å². The fraction of sp³-hybridized carbons (Fsp3) is 0.667. The molecule has 1 aromatic carbocycles. The van der Waals surface area contributed by atoms with Crippen LogP contribution in [0.3, 0.4) is 0 Å². The minimum absolute atomic E-state index is 0.110. The number of benzene rings is 1. The quantitative estimate of drug-likeness (QED) is 0.598. The summed E-state index contributed by atoms with van der Waals surface area (Å²) in [7, 11) is 0. The summed E-state index contributed by atoms with van der Waals surface area (Å²) in [6.45, 7) is 7.01. The second kappa shape index (κ2) is 10.8. The van der Waals surface area contributed by atoms with E-state index in [1.807, 2.05) is 0 Å². The topological polar surface area (TPSA) is 70.6 Å². The zero-order valence-corrected chi connectivity index (χ0v) is 16.9. The maximum atomic E-state index is 13.5. The van der Waals surface area contributed by atoms with Crippen LogP contribution in [-0.4, -0.2) is 48.5 Å². The summed E-state index contributed by atoms with van der Waals surface area (Å²) in [5.41, 5.74) is 0.390. The molecule has 0 spiro atoms. The van der Waals surface area contributed by atoms with E-state index < -0.39 is 23.8 Å². The number of amides is 1. The Morgan fingerprint density at radius 2 is 1.96 bits per heavy atom. The van der Waals surface area contributed by atoms with E-state index in [1.165, 1.54) is 19.1 Å². The van der Waals surface area contributed by atoms with Crippen LogP contribution >= 0.6 is 0 Å². The number of rotatable bonds is 9. The molecule has 1 fully saturated rings. The molecule has 1 amide bonds. The lowest BCUT2D eigenvalue weighted by Gasteiger charge is -2.36. The van der Waals surface area contributed by atoms with Crippen LogP contribution in [0.25, 0.3) is 0 Å². The molecule has 3 N–H and O–H groups in total. The molecule has 28 heavy (non-hydrogen) atoms. The number of ether oxygens (including phenoxy) is 1. The smallest absolute Gasteiger partial charge is 0.217 e. The number of hydrogen-bond donors (Lipinski definition) is 3. The average molecular weight is 398 g/mol. The third-order valence-corrected chi connectivity index (χ3v) is 5.05. The molecule has 5 nitrogen and oxygen atoms in total. The third kappa shape index (κ3) is 7.45. The van der Waals surface area contributed by atoms with E-state index in [1.54, 1.807) is 0 Å². The van der Waals surface area contributed by atoms with Gasteiger partial charge in [-0.15, -0.1) is 0 Å². The molecule has 0 radical (unpaired) electrons. The molecule has 0 saturated carbocycles. The number of hydrogen-bond acceptors (Lipinski definition) is 4. The summed E-state index contributed by atoms with van der Waals surface area (Å²) < 4.78 is 32.8. The van der Waals surface area contributed by atoms with Gasteiger partial charge in [-0.2, -0.15) is 0 Å². The van der Waals surface area contributed by atoms with E-state index in [4.69, 9.17) is 4.74 Å². The molecule has 2 rings (SSSR count). The van der Waals surface area contributed by atoms with Crippen molar-refractivity contribution in [1.29, 1.82) is 0 Å². The van der Waals surface area contributed by atoms with Crippen molar-refractivity contribution in [2.45, 2.75) is 70.7 Å². The highest BCUT2D eigenvalue weighted by Crippen LogP contribution is 2.19. The monoisotopic (exact) mass is 398 g/mol. The van der Waals surface area contributed by atoms with Crippen molar-refractivity contribution in [3.63, 3.8) is 0 Å². The SMILES string of the molecule is CC(=O)N[C@@H](Cc1cc(F)cc(F)c1)[C@@H](O)[C@H]1CC[C@@H](OCCC(C)C)CN1. The minimum atomic E-state index is -0.883. The molecular weight excluding hydrogens is 366 g/mol. The van der Waals surface area contributed by atoms with Gasteiger partial charge in [-0.3, -0.25) is 4.79 Å². The fourth-order valence-electron chi connectivity index (χ4n) is 3.54. The van der Waals surface area contributed by atoms with Gasteiger partial charge in [0.2, 0.25) is 5.91 Å². The normalized spacial score (nSPS) is 22.1. The molecule has 0 bridgehead atoms. The highest BCUT2D eigenvalue weighted by Gasteiger charge is 2.32. The molecule has 1 aliphatic rings. The predicted molar refractivity (Wildman–Crippen MR) is 104 cm³/mol. The first-order chi connectivity index (χ1) is 13.2. The summed E-state index contributed by atoms with van der Waals surface area (Å²) in [6.07, 6.45) is 1.89. The van der Waals surface area contributed by atoms with E-state index in [2.05, 4.69) is 24.5 Å². The van der Waals surface area contributed by atoms with Gasteiger partial charge in [0.1, 0.15) is 11.6 Å². The maximum absolute atomic E-state index is 13.5. The van der Waals surface area contributed by atoms with Crippen LogP contribution in [0.15, 0.2) is 18.2 Å². The van der Waals surface area contributed by atoms with Crippen LogP contribution in [0.4, 0.5) is 8.78 Å². The zero-order valence-electron chi connectivity index (χ0n) is 16.9.